The summed E-state index contributed by atoms with van der Waals surface area (Å²) in [6.45, 7) is 5.93. The lowest BCUT2D eigenvalue weighted by Gasteiger charge is -2.07. The molecule has 46 heavy (non-hydrogen) atoms. The molecular weight excluding hydrogens is 580 g/mol. The lowest BCUT2D eigenvalue weighted by molar-refractivity contribution is 0.110. The number of ether oxygens (including phenoxy) is 6. The quantitative estimate of drug-likeness (QED) is 0.0577. The van der Waals surface area contributed by atoms with Gasteiger partial charge >= 0.3 is 0 Å². The fourth-order valence-corrected chi connectivity index (χ4v) is 4.84. The van der Waals surface area contributed by atoms with Gasteiger partial charge in [-0.2, -0.15) is 0 Å². The van der Waals surface area contributed by atoms with Crippen molar-refractivity contribution in [2.45, 2.75) is 37.9 Å². The molecular formula is C38H42N2O6. The van der Waals surface area contributed by atoms with Crippen LogP contribution in [-0.4, -0.2) is 77.5 Å². The van der Waals surface area contributed by atoms with Gasteiger partial charge < -0.3 is 28.4 Å². The van der Waals surface area contributed by atoms with Crippen LogP contribution in [0.3, 0.4) is 0 Å². The minimum atomic E-state index is 0.325. The van der Waals surface area contributed by atoms with E-state index in [0.29, 0.717) is 38.6 Å². The second-order valence-electron chi connectivity index (χ2n) is 11.5. The van der Waals surface area contributed by atoms with Crippen molar-refractivity contribution in [3.8, 4) is 11.5 Å². The molecule has 4 aromatic carbocycles. The van der Waals surface area contributed by atoms with Crippen LogP contribution < -0.4 is 9.47 Å². The summed E-state index contributed by atoms with van der Waals surface area (Å²) in [5.74, 6) is 1.71. The highest BCUT2D eigenvalue weighted by atomic mass is 16.6. The number of epoxide rings is 2. The van der Waals surface area contributed by atoms with E-state index in [2.05, 4.69) is 12.1 Å². The Bertz CT molecular complexity index is 1440. The molecule has 0 spiro atoms. The molecule has 2 aliphatic heterocycles. The van der Waals surface area contributed by atoms with Crippen molar-refractivity contribution >= 4 is 34.6 Å². The summed E-state index contributed by atoms with van der Waals surface area (Å²) in [5.41, 5.74) is 3.82. The van der Waals surface area contributed by atoms with Crippen molar-refractivity contribution in [3.63, 3.8) is 0 Å². The van der Waals surface area contributed by atoms with Gasteiger partial charge in [0.15, 0.2) is 0 Å². The van der Waals surface area contributed by atoms with E-state index in [-0.39, 0.29) is 0 Å². The number of nitrogens with zero attached hydrogens (tertiary/aromatic N) is 2. The standard InChI is InChI=1S/C38H42N2O6/c1(19-41-25-33-27-45-33)3-21-43-31-15-11-29(12-16-31)23-39-37-9-5-8-36-35(37)7-6-10-38(36)40-24-30-13-17-32(18-14-30)44-22-4-2-20-42-26-34-28-46-34/h5-18,23-24,33-34H,1-4,19-22,25-28H2. The molecule has 0 N–H and O–H groups in total. The lowest BCUT2D eigenvalue weighted by atomic mass is 10.1. The number of rotatable bonds is 20. The Morgan fingerprint density at radius 2 is 0.957 bits per heavy atom. The smallest absolute Gasteiger partial charge is 0.119 e. The van der Waals surface area contributed by atoms with Gasteiger partial charge in [0.05, 0.1) is 51.0 Å². The lowest BCUT2D eigenvalue weighted by Crippen LogP contribution is -2.04. The zero-order valence-electron chi connectivity index (χ0n) is 26.2. The Morgan fingerprint density at radius 1 is 0.543 bits per heavy atom. The molecule has 8 heteroatoms. The zero-order valence-corrected chi connectivity index (χ0v) is 26.2. The van der Waals surface area contributed by atoms with Gasteiger partial charge in [-0.05, 0) is 97.5 Å². The second kappa shape index (κ2) is 17.0. The molecule has 2 unspecified atom stereocenters. The van der Waals surface area contributed by atoms with E-state index in [1.54, 1.807) is 0 Å². The number of hydrogen-bond donors (Lipinski definition) is 0. The third-order valence-electron chi connectivity index (χ3n) is 7.66. The molecule has 0 saturated carbocycles. The maximum Gasteiger partial charge on any atom is 0.119 e. The van der Waals surface area contributed by atoms with E-state index < -0.39 is 0 Å². The molecule has 8 nitrogen and oxygen atoms in total. The molecule has 0 radical (unpaired) electrons. The first-order valence-corrected chi connectivity index (χ1v) is 16.2. The number of aliphatic imine (C=N–C) groups is 2. The molecule has 4 aromatic rings. The summed E-state index contributed by atoms with van der Waals surface area (Å²) in [5, 5.41) is 2.11. The molecule has 2 atom stereocenters. The number of unbranched alkanes of at least 4 members (excludes halogenated alkanes) is 2. The van der Waals surface area contributed by atoms with Crippen LogP contribution in [0.25, 0.3) is 10.8 Å². The van der Waals surface area contributed by atoms with Crippen LogP contribution in [0.1, 0.15) is 36.8 Å². The fourth-order valence-electron chi connectivity index (χ4n) is 4.84. The minimum absolute atomic E-state index is 0.325. The minimum Gasteiger partial charge on any atom is -0.494 e. The maximum atomic E-state index is 5.88. The largest absolute Gasteiger partial charge is 0.494 e. The Kier molecular flexibility index (Phi) is 11.8. The van der Waals surface area contributed by atoms with E-state index in [9.17, 15) is 0 Å². The van der Waals surface area contributed by atoms with Gasteiger partial charge in [0, 0.05) is 36.4 Å². The Balaban J connectivity index is 0.968. The van der Waals surface area contributed by atoms with Gasteiger partial charge in [-0.3, -0.25) is 9.98 Å². The molecule has 0 aromatic heterocycles. The van der Waals surface area contributed by atoms with Crippen LogP contribution >= 0.6 is 0 Å². The Hall–Kier alpha value is -4.08. The average Bonchev–Trinajstić information content (AvgIpc) is 4.03. The fraction of sp³-hybridized carbons (Fsp3) is 0.368. The summed E-state index contributed by atoms with van der Waals surface area (Å²) < 4.78 is 33.2. The van der Waals surface area contributed by atoms with Crippen molar-refractivity contribution in [2.75, 3.05) is 52.9 Å². The highest BCUT2D eigenvalue weighted by Crippen LogP contribution is 2.32. The summed E-state index contributed by atoms with van der Waals surface area (Å²) in [7, 11) is 0. The number of hydrogen-bond acceptors (Lipinski definition) is 8. The van der Waals surface area contributed by atoms with Crippen molar-refractivity contribution in [1.82, 2.24) is 0 Å². The van der Waals surface area contributed by atoms with E-state index in [1.807, 2.05) is 85.2 Å². The van der Waals surface area contributed by atoms with Crippen LogP contribution in [0, 0.1) is 0 Å². The second-order valence-corrected chi connectivity index (χ2v) is 11.5. The van der Waals surface area contributed by atoms with Crippen LogP contribution in [0.15, 0.2) is 94.9 Å². The molecule has 240 valence electrons. The molecule has 0 aliphatic carbocycles. The zero-order chi connectivity index (χ0) is 31.2. The molecule has 0 amide bonds. The van der Waals surface area contributed by atoms with Crippen molar-refractivity contribution in [2.24, 2.45) is 9.98 Å². The number of fused-ring (bicyclic) bond motifs is 1. The van der Waals surface area contributed by atoms with Crippen LogP contribution in [0.4, 0.5) is 11.4 Å². The maximum absolute atomic E-state index is 5.88. The molecule has 2 saturated heterocycles. The first-order valence-electron chi connectivity index (χ1n) is 16.2. The third kappa shape index (κ3) is 10.5. The highest BCUT2D eigenvalue weighted by molar-refractivity contribution is 6.02. The monoisotopic (exact) mass is 622 g/mol. The van der Waals surface area contributed by atoms with E-state index in [4.69, 9.17) is 38.4 Å². The summed E-state index contributed by atoms with van der Waals surface area (Å²) in [6, 6.07) is 28.3. The van der Waals surface area contributed by atoms with Gasteiger partial charge in [-0.25, -0.2) is 0 Å². The molecule has 0 bridgehead atoms. The van der Waals surface area contributed by atoms with Crippen molar-refractivity contribution in [1.29, 1.82) is 0 Å². The summed E-state index contributed by atoms with van der Waals surface area (Å²) in [6.07, 6.45) is 8.29. The predicted octanol–water partition coefficient (Wildman–Crippen LogP) is 7.49. The van der Waals surface area contributed by atoms with Gasteiger partial charge in [0.25, 0.3) is 0 Å². The van der Waals surface area contributed by atoms with Crippen LogP contribution in [0.2, 0.25) is 0 Å². The molecule has 2 heterocycles. The van der Waals surface area contributed by atoms with Gasteiger partial charge in [0.2, 0.25) is 0 Å². The van der Waals surface area contributed by atoms with Gasteiger partial charge in [-0.15, -0.1) is 0 Å². The summed E-state index contributed by atoms with van der Waals surface area (Å²) >= 11 is 0. The third-order valence-corrected chi connectivity index (χ3v) is 7.66. The Morgan fingerprint density at radius 3 is 1.37 bits per heavy atom. The first-order chi connectivity index (χ1) is 22.8. The van der Waals surface area contributed by atoms with Crippen molar-refractivity contribution in [3.05, 3.63) is 96.1 Å². The SMILES string of the molecule is C(=Nc1cccc2c(N=Cc3ccc(OCCCCOCC4CO4)cc3)cccc12)c1ccc(OCCCCOCC2CO2)cc1. The molecule has 2 fully saturated rings. The molecule has 6 rings (SSSR count). The topological polar surface area (TPSA) is 86.7 Å². The average molecular weight is 623 g/mol. The predicted molar refractivity (Wildman–Crippen MR) is 182 cm³/mol. The van der Waals surface area contributed by atoms with Crippen LogP contribution in [-0.2, 0) is 18.9 Å². The number of benzene rings is 4. The molecule has 2 aliphatic rings. The normalized spacial score (nSPS) is 17.2. The summed E-state index contributed by atoms with van der Waals surface area (Å²) in [4.78, 5) is 9.62. The Labute approximate surface area is 271 Å². The van der Waals surface area contributed by atoms with E-state index in [1.165, 1.54) is 0 Å². The highest BCUT2D eigenvalue weighted by Gasteiger charge is 2.22. The van der Waals surface area contributed by atoms with E-state index >= 15 is 0 Å². The van der Waals surface area contributed by atoms with Crippen LogP contribution in [0.5, 0.6) is 11.5 Å². The van der Waals surface area contributed by atoms with Crippen molar-refractivity contribution < 1.29 is 28.4 Å². The van der Waals surface area contributed by atoms with Gasteiger partial charge in [0.1, 0.15) is 23.7 Å². The first kappa shape index (κ1) is 31.9. The van der Waals surface area contributed by atoms with Gasteiger partial charge in [-0.1, -0.05) is 24.3 Å². The van der Waals surface area contributed by atoms with E-state index in [0.717, 1.165) is 96.9 Å².